The molecule has 0 amide bonds. The topological polar surface area (TPSA) is 66.0 Å². The van der Waals surface area contributed by atoms with Gasteiger partial charge in [-0.2, -0.15) is 5.26 Å². The second-order valence-corrected chi connectivity index (χ2v) is 6.79. The average molecular weight is 409 g/mol. The number of nitrogens with one attached hydrogen (secondary N) is 1. The van der Waals surface area contributed by atoms with Crippen molar-refractivity contribution in [3.63, 3.8) is 0 Å². The molecule has 0 aliphatic heterocycles. The lowest BCUT2D eigenvalue weighted by Gasteiger charge is -2.24. The van der Waals surface area contributed by atoms with Gasteiger partial charge in [0.05, 0.1) is 23.9 Å². The van der Waals surface area contributed by atoms with Crippen LogP contribution >= 0.6 is 12.2 Å². The summed E-state index contributed by atoms with van der Waals surface area (Å²) in [4.78, 5) is 14.7. The molecule has 0 saturated carbocycles. The molecule has 0 aliphatic rings. The predicted molar refractivity (Wildman–Crippen MR) is 116 cm³/mol. The molecule has 1 N–H and O–H groups in total. The van der Waals surface area contributed by atoms with Gasteiger partial charge in [0.2, 0.25) is 0 Å². The first-order chi connectivity index (χ1) is 13.9. The summed E-state index contributed by atoms with van der Waals surface area (Å²) in [7, 11) is 1.80. The molecule has 0 bridgehead atoms. The molecule has 3 aromatic rings. The van der Waals surface area contributed by atoms with E-state index in [2.05, 4.69) is 11.4 Å². The van der Waals surface area contributed by atoms with E-state index in [1.54, 1.807) is 33.4 Å². The van der Waals surface area contributed by atoms with E-state index >= 15 is 0 Å². The van der Waals surface area contributed by atoms with Gasteiger partial charge in [0.1, 0.15) is 11.5 Å². The van der Waals surface area contributed by atoms with Crippen LogP contribution in [0.1, 0.15) is 12.1 Å². The van der Waals surface area contributed by atoms with E-state index in [1.807, 2.05) is 37.3 Å². The molecule has 29 heavy (non-hydrogen) atoms. The normalized spacial score (nSPS) is 10.4. The van der Waals surface area contributed by atoms with Gasteiger partial charge >= 0.3 is 0 Å². The quantitative estimate of drug-likeness (QED) is 0.651. The smallest absolute Gasteiger partial charge is 0.295 e. The third kappa shape index (κ3) is 4.20. The summed E-state index contributed by atoms with van der Waals surface area (Å²) >= 11 is 5.53. The van der Waals surface area contributed by atoms with Crippen LogP contribution < -0.4 is 15.8 Å². The highest BCUT2D eigenvalue weighted by Crippen LogP contribution is 2.19. The van der Waals surface area contributed by atoms with E-state index < -0.39 is 0 Å². The SMILES string of the molecule is Cc1c(NC(=S)N(CCC#N)c2ccc(F)cc2)c(=O)n(-c2ccccc2)n1C. The highest BCUT2D eigenvalue weighted by atomic mass is 32.1. The Morgan fingerprint density at radius 1 is 1.21 bits per heavy atom. The van der Waals surface area contributed by atoms with E-state index in [-0.39, 0.29) is 22.9 Å². The fourth-order valence-electron chi connectivity index (χ4n) is 3.02. The van der Waals surface area contributed by atoms with Crippen molar-refractivity contribution in [1.29, 1.82) is 5.26 Å². The number of nitrogens with zero attached hydrogens (tertiary/aromatic N) is 4. The second kappa shape index (κ2) is 8.71. The van der Waals surface area contributed by atoms with Gasteiger partial charge < -0.3 is 10.2 Å². The molecule has 0 saturated heterocycles. The Kier molecular flexibility index (Phi) is 6.10. The number of anilines is 2. The Labute approximate surface area is 173 Å². The van der Waals surface area contributed by atoms with Crippen LogP contribution in [0.25, 0.3) is 5.69 Å². The number of aromatic nitrogens is 2. The highest BCUT2D eigenvalue weighted by molar-refractivity contribution is 7.80. The van der Waals surface area contributed by atoms with Crippen LogP contribution in [0.15, 0.2) is 59.4 Å². The zero-order valence-corrected chi connectivity index (χ0v) is 16.9. The van der Waals surface area contributed by atoms with Crippen molar-refractivity contribution >= 4 is 28.7 Å². The summed E-state index contributed by atoms with van der Waals surface area (Å²) < 4.78 is 16.6. The van der Waals surface area contributed by atoms with Crippen LogP contribution in [-0.4, -0.2) is 21.0 Å². The van der Waals surface area contributed by atoms with Gasteiger partial charge in [-0.25, -0.2) is 9.07 Å². The molecule has 2 aromatic carbocycles. The first-order valence-corrected chi connectivity index (χ1v) is 9.40. The molecule has 3 rings (SSSR count). The number of halogens is 1. The molecule has 8 heteroatoms. The number of thiocarbonyl (C=S) groups is 1. The molecular weight excluding hydrogens is 389 g/mol. The molecule has 6 nitrogen and oxygen atoms in total. The third-order valence-electron chi connectivity index (χ3n) is 4.62. The van der Waals surface area contributed by atoms with Crippen molar-refractivity contribution in [3.8, 4) is 11.8 Å². The predicted octanol–water partition coefficient (Wildman–Crippen LogP) is 3.74. The summed E-state index contributed by atoms with van der Waals surface area (Å²) in [6.45, 7) is 2.13. The Morgan fingerprint density at radius 2 is 1.86 bits per heavy atom. The van der Waals surface area contributed by atoms with Gasteiger partial charge in [0, 0.05) is 19.3 Å². The van der Waals surface area contributed by atoms with Crippen LogP contribution in [-0.2, 0) is 7.05 Å². The summed E-state index contributed by atoms with van der Waals surface area (Å²) in [5.74, 6) is -0.363. The summed E-state index contributed by atoms with van der Waals surface area (Å²) in [6.07, 6.45) is 0.223. The largest absolute Gasteiger partial charge is 0.326 e. The van der Waals surface area contributed by atoms with Gasteiger partial charge in [-0.15, -0.1) is 0 Å². The van der Waals surface area contributed by atoms with E-state index in [1.165, 1.54) is 12.1 Å². The lowest BCUT2D eigenvalue weighted by molar-refractivity contribution is 0.628. The first-order valence-electron chi connectivity index (χ1n) is 8.99. The van der Waals surface area contributed by atoms with Gasteiger partial charge in [-0.3, -0.25) is 9.48 Å². The lowest BCUT2D eigenvalue weighted by atomic mass is 10.2. The van der Waals surface area contributed by atoms with E-state index in [4.69, 9.17) is 17.5 Å². The van der Waals surface area contributed by atoms with Crippen molar-refractivity contribution < 1.29 is 4.39 Å². The van der Waals surface area contributed by atoms with Gasteiger partial charge in [-0.05, 0) is 55.5 Å². The number of benzene rings is 2. The molecule has 0 atom stereocenters. The monoisotopic (exact) mass is 409 g/mol. The van der Waals surface area contributed by atoms with E-state index in [0.29, 0.717) is 23.6 Å². The molecule has 0 fully saturated rings. The summed E-state index contributed by atoms with van der Waals surface area (Å²) in [6, 6.07) is 17.2. The first kappa shape index (κ1) is 20.3. The highest BCUT2D eigenvalue weighted by Gasteiger charge is 2.20. The van der Waals surface area contributed by atoms with Crippen molar-refractivity contribution in [1.82, 2.24) is 9.36 Å². The Bertz CT molecular complexity index is 1110. The molecule has 0 radical (unpaired) electrons. The zero-order valence-electron chi connectivity index (χ0n) is 16.1. The molecule has 1 heterocycles. The van der Waals surface area contributed by atoms with E-state index in [0.717, 1.165) is 5.69 Å². The minimum absolute atomic E-state index is 0.223. The molecule has 0 spiro atoms. The third-order valence-corrected chi connectivity index (χ3v) is 4.94. The molecular formula is C21H20FN5OS. The minimum atomic E-state index is -0.363. The van der Waals surface area contributed by atoms with Crippen molar-refractivity contribution in [2.75, 3.05) is 16.8 Å². The van der Waals surface area contributed by atoms with Crippen molar-refractivity contribution in [2.24, 2.45) is 7.05 Å². The number of hydrogen-bond acceptors (Lipinski definition) is 3. The Balaban J connectivity index is 1.95. The fraction of sp³-hybridized carbons (Fsp3) is 0.190. The fourth-order valence-corrected chi connectivity index (χ4v) is 3.32. The van der Waals surface area contributed by atoms with Crippen molar-refractivity contribution in [3.05, 3.63) is 76.5 Å². The van der Waals surface area contributed by atoms with Crippen LogP contribution in [0.4, 0.5) is 15.8 Å². The molecule has 1 aromatic heterocycles. The van der Waals surface area contributed by atoms with Crippen LogP contribution in [0.2, 0.25) is 0 Å². The molecule has 148 valence electrons. The van der Waals surface area contributed by atoms with Crippen LogP contribution in [0.5, 0.6) is 0 Å². The Morgan fingerprint density at radius 3 is 2.48 bits per heavy atom. The maximum Gasteiger partial charge on any atom is 0.295 e. The zero-order chi connectivity index (χ0) is 21.0. The Hall–Kier alpha value is -3.44. The standard InChI is InChI=1S/C21H20FN5OS/c1-15-19(20(28)27(25(15)2)18-7-4-3-5-8-18)24-21(29)26(14-6-13-23)17-11-9-16(22)10-12-17/h3-5,7-12H,6,14H2,1-2H3,(H,24,29). The van der Waals surface area contributed by atoms with E-state index in [9.17, 15) is 9.18 Å². The summed E-state index contributed by atoms with van der Waals surface area (Å²) in [5, 5.41) is 12.3. The number of hydrogen-bond donors (Lipinski definition) is 1. The van der Waals surface area contributed by atoms with Gasteiger partial charge in [0.25, 0.3) is 5.56 Å². The van der Waals surface area contributed by atoms with Crippen LogP contribution in [0.3, 0.4) is 0 Å². The van der Waals surface area contributed by atoms with Crippen molar-refractivity contribution in [2.45, 2.75) is 13.3 Å². The van der Waals surface area contributed by atoms with Gasteiger partial charge in [0.15, 0.2) is 5.11 Å². The van der Waals surface area contributed by atoms with Crippen LogP contribution in [0, 0.1) is 24.1 Å². The summed E-state index contributed by atoms with van der Waals surface area (Å²) in [5.41, 5.74) is 2.20. The second-order valence-electron chi connectivity index (χ2n) is 6.40. The number of para-hydroxylation sites is 1. The molecule has 0 unspecified atom stereocenters. The lowest BCUT2D eigenvalue weighted by Crippen LogP contribution is -2.37. The molecule has 0 aliphatic carbocycles. The minimum Gasteiger partial charge on any atom is -0.326 e. The number of rotatable bonds is 5. The van der Waals surface area contributed by atoms with Gasteiger partial charge in [-0.1, -0.05) is 18.2 Å². The average Bonchev–Trinajstić information content (AvgIpc) is 2.93. The number of nitriles is 1. The maximum absolute atomic E-state index is 13.3. The maximum atomic E-state index is 13.3.